The molecular formula is C15H18F2N4S. The fourth-order valence-electron chi connectivity index (χ4n) is 1.91. The van der Waals surface area contributed by atoms with Crippen LogP contribution in [-0.2, 0) is 13.0 Å². The van der Waals surface area contributed by atoms with Gasteiger partial charge >= 0.3 is 0 Å². The molecule has 2 N–H and O–H groups in total. The minimum absolute atomic E-state index is 0.166. The van der Waals surface area contributed by atoms with Crippen LogP contribution < -0.4 is 10.6 Å². The van der Waals surface area contributed by atoms with Crippen molar-refractivity contribution in [2.45, 2.75) is 19.9 Å². The van der Waals surface area contributed by atoms with Crippen molar-refractivity contribution >= 4 is 17.3 Å². The number of aromatic nitrogens is 1. The molecule has 0 bridgehead atoms. The van der Waals surface area contributed by atoms with E-state index in [9.17, 15) is 8.78 Å². The number of hydrogen-bond donors (Lipinski definition) is 2. The van der Waals surface area contributed by atoms with Crippen LogP contribution in [0.3, 0.4) is 0 Å². The Labute approximate surface area is 132 Å². The lowest BCUT2D eigenvalue weighted by molar-refractivity contribution is 0.581. The topological polar surface area (TPSA) is 49.3 Å². The van der Waals surface area contributed by atoms with E-state index in [2.05, 4.69) is 20.6 Å². The molecule has 0 amide bonds. The van der Waals surface area contributed by atoms with Crippen molar-refractivity contribution in [1.82, 2.24) is 15.6 Å². The highest BCUT2D eigenvalue weighted by Crippen LogP contribution is 2.09. The van der Waals surface area contributed by atoms with Crippen molar-refractivity contribution in [2.75, 3.05) is 13.6 Å². The van der Waals surface area contributed by atoms with Crippen molar-refractivity contribution in [3.05, 3.63) is 51.5 Å². The van der Waals surface area contributed by atoms with Gasteiger partial charge in [-0.2, -0.15) is 0 Å². The molecule has 0 saturated carbocycles. The summed E-state index contributed by atoms with van der Waals surface area (Å²) >= 11 is 1.62. The number of rotatable bonds is 5. The average molecular weight is 324 g/mol. The highest BCUT2D eigenvalue weighted by molar-refractivity contribution is 7.09. The zero-order valence-corrected chi connectivity index (χ0v) is 13.3. The first kappa shape index (κ1) is 16.4. The van der Waals surface area contributed by atoms with Gasteiger partial charge in [0.2, 0.25) is 0 Å². The van der Waals surface area contributed by atoms with Crippen LogP contribution in [0.25, 0.3) is 0 Å². The normalized spacial score (nSPS) is 11.5. The third-order valence-corrected chi connectivity index (χ3v) is 3.84. The molecule has 0 spiro atoms. The summed E-state index contributed by atoms with van der Waals surface area (Å²) in [5.74, 6) is -0.363. The molecule has 4 nitrogen and oxygen atoms in total. The van der Waals surface area contributed by atoms with Gasteiger partial charge in [-0.3, -0.25) is 4.99 Å². The number of benzene rings is 1. The van der Waals surface area contributed by atoms with Crippen LogP contribution in [0.2, 0.25) is 0 Å². The molecule has 2 rings (SSSR count). The predicted molar refractivity (Wildman–Crippen MR) is 85.1 cm³/mol. The van der Waals surface area contributed by atoms with Crippen LogP contribution in [0.5, 0.6) is 0 Å². The highest BCUT2D eigenvalue weighted by Gasteiger charge is 2.05. The maximum Gasteiger partial charge on any atom is 0.191 e. The fourth-order valence-corrected chi connectivity index (χ4v) is 2.56. The number of thiazole rings is 1. The van der Waals surface area contributed by atoms with Gasteiger partial charge in [0.1, 0.15) is 11.6 Å². The van der Waals surface area contributed by atoms with Crippen LogP contribution in [0, 0.1) is 18.6 Å². The van der Waals surface area contributed by atoms with Gasteiger partial charge in [0.05, 0.1) is 10.7 Å². The zero-order valence-electron chi connectivity index (χ0n) is 12.5. The minimum atomic E-state index is -0.458. The SMILES string of the molecule is CN=C(NCCc1csc(C)n1)NCc1cc(F)ccc1F. The van der Waals surface area contributed by atoms with Gasteiger partial charge in [-0.25, -0.2) is 13.8 Å². The van der Waals surface area contributed by atoms with Gasteiger partial charge in [0.15, 0.2) is 5.96 Å². The molecule has 2 aromatic rings. The van der Waals surface area contributed by atoms with Crippen LogP contribution in [-0.4, -0.2) is 24.5 Å². The molecule has 7 heteroatoms. The molecule has 0 fully saturated rings. The van der Waals surface area contributed by atoms with Gasteiger partial charge in [0.25, 0.3) is 0 Å². The molecular weight excluding hydrogens is 306 g/mol. The van der Waals surface area contributed by atoms with Crippen LogP contribution in [0.1, 0.15) is 16.3 Å². The summed E-state index contributed by atoms with van der Waals surface area (Å²) in [6.45, 7) is 2.79. The van der Waals surface area contributed by atoms with Crippen molar-refractivity contribution in [3.63, 3.8) is 0 Å². The Morgan fingerprint density at radius 1 is 1.32 bits per heavy atom. The number of nitrogens with zero attached hydrogens (tertiary/aromatic N) is 2. The lowest BCUT2D eigenvalue weighted by Gasteiger charge is -2.12. The third-order valence-electron chi connectivity index (χ3n) is 3.02. The Hall–Kier alpha value is -2.02. The molecule has 0 radical (unpaired) electrons. The minimum Gasteiger partial charge on any atom is -0.356 e. The van der Waals surface area contributed by atoms with E-state index in [1.54, 1.807) is 18.4 Å². The molecule has 118 valence electrons. The summed E-state index contributed by atoms with van der Waals surface area (Å²) in [7, 11) is 1.63. The first-order chi connectivity index (χ1) is 10.6. The van der Waals surface area contributed by atoms with E-state index in [1.165, 1.54) is 6.07 Å². The number of halogens is 2. The van der Waals surface area contributed by atoms with E-state index in [0.29, 0.717) is 12.5 Å². The van der Waals surface area contributed by atoms with Gasteiger partial charge in [-0.05, 0) is 25.1 Å². The Morgan fingerprint density at radius 2 is 2.14 bits per heavy atom. The Bertz CT molecular complexity index is 655. The van der Waals surface area contributed by atoms with E-state index in [-0.39, 0.29) is 12.1 Å². The maximum absolute atomic E-state index is 13.5. The van der Waals surface area contributed by atoms with Gasteiger partial charge in [0, 0.05) is 37.5 Å². The van der Waals surface area contributed by atoms with Crippen molar-refractivity contribution in [2.24, 2.45) is 4.99 Å². The molecule has 22 heavy (non-hydrogen) atoms. The van der Waals surface area contributed by atoms with Crippen molar-refractivity contribution in [3.8, 4) is 0 Å². The molecule has 0 aliphatic rings. The fraction of sp³-hybridized carbons (Fsp3) is 0.333. The smallest absolute Gasteiger partial charge is 0.191 e. The molecule has 0 unspecified atom stereocenters. The van der Waals surface area contributed by atoms with E-state index in [0.717, 1.165) is 29.3 Å². The van der Waals surface area contributed by atoms with Crippen molar-refractivity contribution < 1.29 is 8.78 Å². The second kappa shape index (κ2) is 7.84. The lowest BCUT2D eigenvalue weighted by atomic mass is 10.2. The summed E-state index contributed by atoms with van der Waals surface area (Å²) < 4.78 is 26.6. The molecule has 1 aromatic carbocycles. The highest BCUT2D eigenvalue weighted by atomic mass is 32.1. The monoisotopic (exact) mass is 324 g/mol. The zero-order chi connectivity index (χ0) is 15.9. The Kier molecular flexibility index (Phi) is 5.83. The van der Waals surface area contributed by atoms with Crippen LogP contribution >= 0.6 is 11.3 Å². The van der Waals surface area contributed by atoms with Gasteiger partial charge < -0.3 is 10.6 Å². The molecule has 0 saturated heterocycles. The number of nitrogens with one attached hydrogen (secondary N) is 2. The summed E-state index contributed by atoms with van der Waals surface area (Å²) in [6.07, 6.45) is 0.777. The number of guanidine groups is 1. The predicted octanol–water partition coefficient (Wildman–Crippen LogP) is 2.64. The third kappa shape index (κ3) is 4.77. The van der Waals surface area contributed by atoms with E-state index in [4.69, 9.17) is 0 Å². The van der Waals surface area contributed by atoms with E-state index >= 15 is 0 Å². The maximum atomic E-state index is 13.5. The quantitative estimate of drug-likeness (QED) is 0.657. The second-order valence-electron chi connectivity index (χ2n) is 4.70. The second-order valence-corrected chi connectivity index (χ2v) is 5.76. The summed E-state index contributed by atoms with van der Waals surface area (Å²) in [5.41, 5.74) is 1.29. The first-order valence-electron chi connectivity index (χ1n) is 6.88. The molecule has 0 aliphatic carbocycles. The van der Waals surface area contributed by atoms with E-state index < -0.39 is 11.6 Å². The molecule has 1 aromatic heterocycles. The molecule has 1 heterocycles. The average Bonchev–Trinajstić information content (AvgIpc) is 2.91. The Morgan fingerprint density at radius 3 is 2.82 bits per heavy atom. The number of aliphatic imine (C=N–C) groups is 1. The molecule has 0 atom stereocenters. The van der Waals surface area contributed by atoms with Crippen LogP contribution in [0.4, 0.5) is 8.78 Å². The van der Waals surface area contributed by atoms with Crippen molar-refractivity contribution in [1.29, 1.82) is 0 Å². The largest absolute Gasteiger partial charge is 0.356 e. The van der Waals surface area contributed by atoms with Gasteiger partial charge in [-0.15, -0.1) is 11.3 Å². The standard InChI is InChI=1S/C15H18F2N4S/c1-10-21-13(9-22-10)5-6-19-15(18-2)20-8-11-7-12(16)3-4-14(11)17/h3-4,7,9H,5-6,8H2,1-2H3,(H2,18,19,20). The Balaban J connectivity index is 1.81. The van der Waals surface area contributed by atoms with E-state index in [1.807, 2.05) is 12.3 Å². The lowest BCUT2D eigenvalue weighted by Crippen LogP contribution is -2.38. The van der Waals surface area contributed by atoms with Crippen LogP contribution in [0.15, 0.2) is 28.6 Å². The summed E-state index contributed by atoms with van der Waals surface area (Å²) in [5, 5.41) is 9.14. The number of aryl methyl sites for hydroxylation is 1. The summed E-state index contributed by atoms with van der Waals surface area (Å²) in [4.78, 5) is 8.43. The number of hydrogen-bond acceptors (Lipinski definition) is 3. The van der Waals surface area contributed by atoms with Gasteiger partial charge in [-0.1, -0.05) is 0 Å². The molecule has 0 aliphatic heterocycles. The first-order valence-corrected chi connectivity index (χ1v) is 7.76. The summed E-state index contributed by atoms with van der Waals surface area (Å²) in [6, 6.07) is 3.39.